The molecule has 14 heteroatoms. The zero-order valence-corrected chi connectivity index (χ0v) is 31.1. The van der Waals surface area contributed by atoms with Crippen LogP contribution in [0.5, 0.6) is 11.5 Å². The SMILES string of the molecule is CS(=O)(=O)Cc1ccc2c(c1)C(=O)CC1(CCN(C(=O)c3ccccc3)CC1)O2.CS(=O)(=O)Cc1ccc2c(c1)C(=O)CC1(CC[NH2+]CC1)O2.[Cl-]. The fourth-order valence-corrected chi connectivity index (χ4v) is 8.88. The summed E-state index contributed by atoms with van der Waals surface area (Å²) in [6.45, 7) is 3.02. The second kappa shape index (κ2) is 15.1. The quantitative estimate of drug-likeness (QED) is 0.383. The van der Waals surface area contributed by atoms with Crippen molar-refractivity contribution < 1.29 is 58.4 Å². The van der Waals surface area contributed by atoms with Gasteiger partial charge in [0.05, 0.1) is 48.6 Å². The first-order chi connectivity index (χ1) is 23.6. The molecule has 0 aliphatic carbocycles. The van der Waals surface area contributed by atoms with Crippen LogP contribution >= 0.6 is 0 Å². The third kappa shape index (κ3) is 9.37. The maximum atomic E-state index is 12.8. The van der Waals surface area contributed by atoms with Gasteiger partial charge in [-0.05, 0) is 47.5 Å². The fourth-order valence-electron chi connectivity index (χ4n) is 7.31. The average molecular weight is 759 g/mol. The smallest absolute Gasteiger partial charge is 0.253 e. The van der Waals surface area contributed by atoms with Gasteiger partial charge in [-0.15, -0.1) is 0 Å². The topological polar surface area (TPSA) is 158 Å². The Hall–Kier alpha value is -3.78. The molecule has 51 heavy (non-hydrogen) atoms. The first kappa shape index (κ1) is 38.5. The van der Waals surface area contributed by atoms with Crippen molar-refractivity contribution in [2.45, 2.75) is 61.2 Å². The van der Waals surface area contributed by atoms with Gasteiger partial charge < -0.3 is 32.1 Å². The van der Waals surface area contributed by atoms with Gasteiger partial charge in [0, 0.05) is 56.8 Å². The third-order valence-electron chi connectivity index (χ3n) is 9.76. The molecule has 4 aliphatic heterocycles. The van der Waals surface area contributed by atoms with Crippen molar-refractivity contribution in [3.63, 3.8) is 0 Å². The van der Waals surface area contributed by atoms with Crippen molar-refractivity contribution in [1.82, 2.24) is 4.90 Å². The van der Waals surface area contributed by atoms with Crippen molar-refractivity contribution in [3.8, 4) is 11.5 Å². The Labute approximate surface area is 305 Å². The van der Waals surface area contributed by atoms with E-state index in [-0.39, 0.29) is 53.4 Å². The third-order valence-corrected chi connectivity index (χ3v) is 11.5. The number of nitrogens with two attached hydrogens (primary N) is 1. The first-order valence-electron chi connectivity index (χ1n) is 16.8. The molecule has 2 saturated heterocycles. The number of halogens is 1. The molecule has 0 atom stereocenters. The minimum absolute atomic E-state index is 0. The molecular weight excluding hydrogens is 716 g/mol. The van der Waals surface area contributed by atoms with Gasteiger partial charge in [-0.25, -0.2) is 16.8 Å². The zero-order valence-electron chi connectivity index (χ0n) is 28.7. The molecule has 7 rings (SSSR count). The number of hydrogen-bond acceptors (Lipinski definition) is 9. The molecule has 11 nitrogen and oxygen atoms in total. The van der Waals surface area contributed by atoms with Crippen LogP contribution in [0.3, 0.4) is 0 Å². The Morgan fingerprint density at radius 3 is 1.61 bits per heavy atom. The van der Waals surface area contributed by atoms with Crippen molar-refractivity contribution in [3.05, 3.63) is 94.5 Å². The summed E-state index contributed by atoms with van der Waals surface area (Å²) in [6.07, 6.45) is 5.94. The summed E-state index contributed by atoms with van der Waals surface area (Å²) in [5.41, 5.74) is 1.90. The normalized spacial score (nSPS) is 19.0. The average Bonchev–Trinajstić information content (AvgIpc) is 3.05. The molecule has 0 aromatic heterocycles. The van der Waals surface area contributed by atoms with Crippen LogP contribution in [0.1, 0.15) is 80.7 Å². The predicted octanol–water partition coefficient (Wildman–Crippen LogP) is 0.168. The van der Waals surface area contributed by atoms with E-state index in [0.29, 0.717) is 71.7 Å². The molecule has 3 aromatic rings. The molecule has 0 radical (unpaired) electrons. The Morgan fingerprint density at radius 1 is 0.706 bits per heavy atom. The van der Waals surface area contributed by atoms with Gasteiger partial charge in [-0.1, -0.05) is 30.3 Å². The van der Waals surface area contributed by atoms with Crippen LogP contribution in [0.4, 0.5) is 0 Å². The number of rotatable bonds is 5. The molecule has 1 amide bonds. The highest BCUT2D eigenvalue weighted by Gasteiger charge is 2.44. The number of fused-ring (bicyclic) bond motifs is 2. The van der Waals surface area contributed by atoms with Gasteiger partial charge in [0.1, 0.15) is 22.7 Å². The molecule has 2 N–H and O–H groups in total. The van der Waals surface area contributed by atoms with Gasteiger partial charge in [-0.2, -0.15) is 0 Å². The maximum Gasteiger partial charge on any atom is 0.253 e. The molecule has 4 heterocycles. The highest BCUT2D eigenvalue weighted by Crippen LogP contribution is 2.40. The standard InChI is InChI=1S/C22H23NO5S.C15H19NO4S.ClH/c1-29(26,27)15-16-7-8-20-18(13-16)19(24)14-22(28-20)9-11-23(12-10-22)21(25)17-5-3-2-4-6-17;1-21(18,19)10-11-2-3-14-12(8-11)13(17)9-15(20-14)4-6-16-7-5-15;/h2-8,13H,9-12,14-15H2,1H3;2-3,8,16H,4-7,9-10H2,1H3;1H. The summed E-state index contributed by atoms with van der Waals surface area (Å²) in [4.78, 5) is 39.7. The first-order valence-corrected chi connectivity index (χ1v) is 21.0. The number of benzene rings is 3. The summed E-state index contributed by atoms with van der Waals surface area (Å²) in [6, 6.07) is 19.3. The lowest BCUT2D eigenvalue weighted by Gasteiger charge is -2.44. The number of likely N-dealkylation sites (tertiary alicyclic amines) is 1. The number of ether oxygens (including phenoxy) is 2. The van der Waals surface area contributed by atoms with E-state index in [2.05, 4.69) is 5.32 Å². The van der Waals surface area contributed by atoms with E-state index < -0.39 is 25.3 Å². The van der Waals surface area contributed by atoms with Crippen LogP contribution in [-0.4, -0.2) is 89.1 Å². The zero-order chi connectivity index (χ0) is 35.7. The number of carbonyl (C=O) groups is 3. The number of piperidine rings is 2. The number of quaternary nitrogens is 1. The number of carbonyl (C=O) groups excluding carboxylic acids is 3. The van der Waals surface area contributed by atoms with Crippen molar-refractivity contribution in [2.24, 2.45) is 0 Å². The van der Waals surface area contributed by atoms with Crippen LogP contribution in [-0.2, 0) is 31.2 Å². The van der Waals surface area contributed by atoms with E-state index in [4.69, 9.17) is 9.47 Å². The second-order valence-electron chi connectivity index (χ2n) is 14.1. The van der Waals surface area contributed by atoms with Gasteiger partial charge in [-0.3, -0.25) is 14.4 Å². The van der Waals surface area contributed by atoms with E-state index in [0.717, 1.165) is 25.9 Å². The largest absolute Gasteiger partial charge is 1.00 e. The minimum Gasteiger partial charge on any atom is -1.00 e. The van der Waals surface area contributed by atoms with Crippen LogP contribution in [0.15, 0.2) is 66.7 Å². The summed E-state index contributed by atoms with van der Waals surface area (Å²) in [5.74, 6) is 0.973. The van der Waals surface area contributed by atoms with Gasteiger partial charge in [0.25, 0.3) is 5.91 Å². The van der Waals surface area contributed by atoms with E-state index in [1.807, 2.05) is 18.2 Å². The number of amides is 1. The molecule has 2 fully saturated rings. The lowest BCUT2D eigenvalue weighted by Crippen LogP contribution is -3.00. The van der Waals surface area contributed by atoms with E-state index in [1.165, 1.54) is 12.5 Å². The Kier molecular flexibility index (Phi) is 11.4. The lowest BCUT2D eigenvalue weighted by molar-refractivity contribution is -0.667. The number of nitrogens with zero attached hydrogens (tertiary/aromatic N) is 1. The van der Waals surface area contributed by atoms with E-state index in [9.17, 15) is 31.2 Å². The molecule has 0 saturated carbocycles. The van der Waals surface area contributed by atoms with Crippen LogP contribution in [0, 0.1) is 0 Å². The summed E-state index contributed by atoms with van der Waals surface area (Å²) in [7, 11) is -6.28. The summed E-state index contributed by atoms with van der Waals surface area (Å²) < 4.78 is 58.2. The molecule has 4 aliphatic rings. The minimum atomic E-state index is -3.17. The van der Waals surface area contributed by atoms with Gasteiger partial charge >= 0.3 is 0 Å². The van der Waals surface area contributed by atoms with Gasteiger partial charge in [0.2, 0.25) is 0 Å². The number of ketones is 2. The molecule has 2 spiro atoms. The maximum absolute atomic E-state index is 12.8. The summed E-state index contributed by atoms with van der Waals surface area (Å²) >= 11 is 0. The van der Waals surface area contributed by atoms with E-state index in [1.54, 1.807) is 53.4 Å². The van der Waals surface area contributed by atoms with Crippen molar-refractivity contribution in [2.75, 3.05) is 38.7 Å². The molecule has 3 aromatic carbocycles. The number of hydrogen-bond donors (Lipinski definition) is 1. The van der Waals surface area contributed by atoms with Crippen molar-refractivity contribution in [1.29, 1.82) is 0 Å². The lowest BCUT2D eigenvalue weighted by atomic mass is 9.82. The van der Waals surface area contributed by atoms with Crippen molar-refractivity contribution >= 4 is 37.1 Å². The Balaban J connectivity index is 0.000000204. The molecule has 0 unspecified atom stereocenters. The Bertz CT molecular complexity index is 2020. The highest BCUT2D eigenvalue weighted by molar-refractivity contribution is 7.90. The summed E-state index contributed by atoms with van der Waals surface area (Å²) in [5, 5.41) is 2.24. The predicted molar refractivity (Wildman–Crippen MR) is 187 cm³/mol. The van der Waals surface area contributed by atoms with Crippen LogP contribution in [0.2, 0.25) is 0 Å². The molecule has 0 bridgehead atoms. The van der Waals surface area contributed by atoms with E-state index >= 15 is 0 Å². The van der Waals surface area contributed by atoms with Gasteiger partial charge in [0.15, 0.2) is 31.2 Å². The van der Waals surface area contributed by atoms with Crippen LogP contribution < -0.4 is 27.2 Å². The highest BCUT2D eigenvalue weighted by atomic mass is 35.5. The second-order valence-corrected chi connectivity index (χ2v) is 18.4. The Morgan fingerprint density at radius 2 is 1.16 bits per heavy atom. The molecule has 274 valence electrons. The number of Topliss-reactive ketones (excluding diaryl/α,β-unsaturated/α-hetero) is 2. The van der Waals surface area contributed by atoms with Crippen LogP contribution in [0.25, 0.3) is 0 Å². The monoisotopic (exact) mass is 758 g/mol. The molecular formula is C37H43ClN2O9S2. The number of sulfone groups is 2. The fraction of sp³-hybridized carbons (Fsp3) is 0.432.